The van der Waals surface area contributed by atoms with Gasteiger partial charge in [0.1, 0.15) is 5.82 Å². The first-order chi connectivity index (χ1) is 13.5. The Balaban J connectivity index is 1.36. The summed E-state index contributed by atoms with van der Waals surface area (Å²) in [6.45, 7) is 4.28. The number of carbonyl (C=O) groups excluding carboxylic acids is 1. The number of hydrogen-bond acceptors (Lipinski definition) is 3. The van der Waals surface area contributed by atoms with Gasteiger partial charge < -0.3 is 4.90 Å². The molecular weight excluding hydrogens is 377 g/mol. The average Bonchev–Trinajstić information content (AvgIpc) is 2.70. The normalized spacial score (nSPS) is 19.9. The van der Waals surface area contributed by atoms with Crippen molar-refractivity contribution >= 4 is 17.5 Å². The molecule has 2 aliphatic heterocycles. The minimum Gasteiger partial charge on any atom is -0.338 e. The summed E-state index contributed by atoms with van der Waals surface area (Å²) in [4.78, 5) is 20.9. The Kier molecular flexibility index (Phi) is 5.65. The zero-order valence-corrected chi connectivity index (χ0v) is 16.7. The van der Waals surface area contributed by atoms with Crippen molar-refractivity contribution in [1.82, 2.24) is 14.8 Å². The Hall–Kier alpha value is -1.98. The standard InChI is InChI=1S/C22H25ClFN3O/c23-19-13-18(1-2-20(19)24)14-26-11-7-22(8-12-26)6-3-21(28)27(16-22)15-17-4-9-25-10-5-17/h1-2,4-5,9-10,13H,3,6-8,11-12,14-16H2. The Morgan fingerprint density at radius 3 is 2.50 bits per heavy atom. The Bertz CT molecular complexity index is 837. The summed E-state index contributed by atoms with van der Waals surface area (Å²) in [6.07, 6.45) is 7.34. The summed E-state index contributed by atoms with van der Waals surface area (Å²) in [6, 6.07) is 8.92. The average molecular weight is 402 g/mol. The van der Waals surface area contributed by atoms with Crippen molar-refractivity contribution in [3.05, 3.63) is 64.7 Å². The number of hydrogen-bond donors (Lipinski definition) is 0. The number of pyridine rings is 1. The summed E-state index contributed by atoms with van der Waals surface area (Å²) < 4.78 is 13.4. The summed E-state index contributed by atoms with van der Waals surface area (Å²) >= 11 is 5.91. The lowest BCUT2D eigenvalue weighted by atomic mass is 9.72. The van der Waals surface area contributed by atoms with Crippen LogP contribution in [0.5, 0.6) is 0 Å². The Labute approximate surface area is 170 Å². The molecule has 2 saturated heterocycles. The fraction of sp³-hybridized carbons (Fsp3) is 0.455. The van der Waals surface area contributed by atoms with Crippen molar-refractivity contribution in [3.63, 3.8) is 0 Å². The quantitative estimate of drug-likeness (QED) is 0.767. The third kappa shape index (κ3) is 4.36. The van der Waals surface area contributed by atoms with Crippen molar-refractivity contribution in [2.24, 2.45) is 5.41 Å². The number of amides is 1. The molecule has 0 unspecified atom stereocenters. The second kappa shape index (κ2) is 8.18. The van der Waals surface area contributed by atoms with Crippen LogP contribution in [-0.2, 0) is 17.9 Å². The molecule has 4 nitrogen and oxygen atoms in total. The van der Waals surface area contributed by atoms with Gasteiger partial charge in [-0.2, -0.15) is 0 Å². The lowest BCUT2D eigenvalue weighted by Gasteiger charge is -2.47. The molecule has 0 bridgehead atoms. The molecule has 1 aromatic carbocycles. The SMILES string of the molecule is O=C1CCC2(CCN(Cc3ccc(F)c(Cl)c3)CC2)CN1Cc1ccncc1. The van der Waals surface area contributed by atoms with Crippen LogP contribution in [0, 0.1) is 11.2 Å². The van der Waals surface area contributed by atoms with Gasteiger partial charge in [-0.1, -0.05) is 17.7 Å². The predicted octanol–water partition coefficient (Wildman–Crippen LogP) is 4.28. The molecule has 4 rings (SSSR count). The van der Waals surface area contributed by atoms with E-state index >= 15 is 0 Å². The third-order valence-corrected chi connectivity index (χ3v) is 6.47. The van der Waals surface area contributed by atoms with E-state index in [-0.39, 0.29) is 22.2 Å². The van der Waals surface area contributed by atoms with Crippen LogP contribution in [0.2, 0.25) is 5.02 Å². The Morgan fingerprint density at radius 2 is 1.79 bits per heavy atom. The molecule has 0 saturated carbocycles. The second-order valence-electron chi connectivity index (χ2n) is 8.13. The number of rotatable bonds is 4. The van der Waals surface area contributed by atoms with Gasteiger partial charge >= 0.3 is 0 Å². The van der Waals surface area contributed by atoms with E-state index in [2.05, 4.69) is 9.88 Å². The summed E-state index contributed by atoms with van der Waals surface area (Å²) in [5.74, 6) is -0.116. The van der Waals surface area contributed by atoms with Crippen molar-refractivity contribution in [3.8, 4) is 0 Å². The van der Waals surface area contributed by atoms with Gasteiger partial charge in [-0.05, 0) is 73.2 Å². The van der Waals surface area contributed by atoms with Crippen LogP contribution in [0.4, 0.5) is 4.39 Å². The van der Waals surface area contributed by atoms with E-state index in [0.717, 1.165) is 56.6 Å². The highest BCUT2D eigenvalue weighted by Crippen LogP contribution is 2.41. The monoisotopic (exact) mass is 401 g/mol. The van der Waals surface area contributed by atoms with Gasteiger partial charge in [0.05, 0.1) is 5.02 Å². The van der Waals surface area contributed by atoms with Crippen molar-refractivity contribution in [2.45, 2.75) is 38.8 Å². The maximum Gasteiger partial charge on any atom is 0.222 e. The highest BCUT2D eigenvalue weighted by atomic mass is 35.5. The number of aromatic nitrogens is 1. The number of carbonyl (C=O) groups is 1. The van der Waals surface area contributed by atoms with Gasteiger partial charge in [-0.3, -0.25) is 14.7 Å². The van der Waals surface area contributed by atoms with Crippen LogP contribution in [-0.4, -0.2) is 40.3 Å². The summed E-state index contributed by atoms with van der Waals surface area (Å²) in [5, 5.41) is 0.184. The molecule has 6 heteroatoms. The van der Waals surface area contributed by atoms with E-state index in [1.165, 1.54) is 6.07 Å². The minimum atomic E-state index is -0.371. The van der Waals surface area contributed by atoms with Crippen molar-refractivity contribution in [1.29, 1.82) is 0 Å². The molecule has 0 atom stereocenters. The second-order valence-corrected chi connectivity index (χ2v) is 8.54. The number of piperidine rings is 2. The molecule has 0 aliphatic carbocycles. The van der Waals surface area contributed by atoms with Crippen LogP contribution < -0.4 is 0 Å². The molecule has 1 aromatic heterocycles. The highest BCUT2D eigenvalue weighted by molar-refractivity contribution is 6.30. The van der Waals surface area contributed by atoms with Gasteiger partial charge in [-0.15, -0.1) is 0 Å². The van der Waals surface area contributed by atoms with E-state index in [1.54, 1.807) is 24.5 Å². The van der Waals surface area contributed by atoms with Gasteiger partial charge in [0.15, 0.2) is 0 Å². The highest BCUT2D eigenvalue weighted by Gasteiger charge is 2.40. The first-order valence-corrected chi connectivity index (χ1v) is 10.2. The third-order valence-electron chi connectivity index (χ3n) is 6.18. The molecule has 2 aromatic rings. The molecular formula is C22H25ClFN3O. The molecule has 1 spiro atoms. The van der Waals surface area contributed by atoms with Gasteiger partial charge in [-0.25, -0.2) is 4.39 Å². The molecule has 0 N–H and O–H groups in total. The lowest BCUT2D eigenvalue weighted by molar-refractivity contribution is -0.140. The predicted molar refractivity (Wildman–Crippen MR) is 107 cm³/mol. The van der Waals surface area contributed by atoms with Gasteiger partial charge in [0.25, 0.3) is 0 Å². The smallest absolute Gasteiger partial charge is 0.222 e. The number of nitrogens with zero attached hydrogens (tertiary/aromatic N) is 3. The maximum absolute atomic E-state index is 13.4. The molecule has 2 fully saturated rings. The van der Waals surface area contributed by atoms with E-state index in [0.29, 0.717) is 13.0 Å². The van der Waals surface area contributed by atoms with Crippen molar-refractivity contribution in [2.75, 3.05) is 19.6 Å². The van der Waals surface area contributed by atoms with Gasteiger partial charge in [0, 0.05) is 38.4 Å². The molecule has 0 radical (unpaired) electrons. The number of likely N-dealkylation sites (tertiary alicyclic amines) is 2. The fourth-order valence-corrected chi connectivity index (χ4v) is 4.65. The first-order valence-electron chi connectivity index (χ1n) is 9.86. The van der Waals surface area contributed by atoms with Crippen LogP contribution in [0.3, 0.4) is 0 Å². The van der Waals surface area contributed by atoms with E-state index in [4.69, 9.17) is 11.6 Å². The van der Waals surface area contributed by atoms with Crippen LogP contribution in [0.25, 0.3) is 0 Å². The topological polar surface area (TPSA) is 36.4 Å². The largest absolute Gasteiger partial charge is 0.338 e. The first kappa shape index (κ1) is 19.3. The summed E-state index contributed by atoms with van der Waals surface area (Å²) in [5.41, 5.74) is 2.39. The van der Waals surface area contributed by atoms with Gasteiger partial charge in [0.2, 0.25) is 5.91 Å². The Morgan fingerprint density at radius 1 is 1.04 bits per heavy atom. The van der Waals surface area contributed by atoms with Crippen LogP contribution in [0.15, 0.2) is 42.7 Å². The zero-order valence-electron chi connectivity index (χ0n) is 15.9. The van der Waals surface area contributed by atoms with Crippen LogP contribution in [0.1, 0.15) is 36.8 Å². The van der Waals surface area contributed by atoms with E-state index in [1.807, 2.05) is 17.0 Å². The maximum atomic E-state index is 13.4. The lowest BCUT2D eigenvalue weighted by Crippen LogP contribution is -2.51. The molecule has 28 heavy (non-hydrogen) atoms. The van der Waals surface area contributed by atoms with E-state index in [9.17, 15) is 9.18 Å². The number of halogens is 2. The summed E-state index contributed by atoms with van der Waals surface area (Å²) in [7, 11) is 0. The van der Waals surface area contributed by atoms with Crippen molar-refractivity contribution < 1.29 is 9.18 Å². The minimum absolute atomic E-state index is 0.184. The fourth-order valence-electron chi connectivity index (χ4n) is 4.44. The molecule has 148 valence electrons. The van der Waals surface area contributed by atoms with E-state index < -0.39 is 0 Å². The molecule has 2 aliphatic rings. The zero-order chi connectivity index (χ0) is 19.6. The van der Waals surface area contributed by atoms with Crippen LogP contribution >= 0.6 is 11.6 Å². The molecule has 3 heterocycles. The molecule has 1 amide bonds. The number of benzene rings is 1.